The summed E-state index contributed by atoms with van der Waals surface area (Å²) >= 11 is 11.5. The molecule has 1 amide bonds. The number of carbonyl (C=O) groups is 1. The molecule has 2 rings (SSSR count). The molecular formula is C13H10Cl2N4O. The van der Waals surface area contributed by atoms with Crippen LogP contribution < -0.4 is 11.1 Å². The van der Waals surface area contributed by atoms with E-state index in [0.29, 0.717) is 11.4 Å². The van der Waals surface area contributed by atoms with Gasteiger partial charge in [-0.05, 0) is 18.2 Å². The van der Waals surface area contributed by atoms with Gasteiger partial charge in [0.15, 0.2) is 0 Å². The summed E-state index contributed by atoms with van der Waals surface area (Å²) < 4.78 is 0. The SMILES string of the molecule is NCC#Cc1ccnc(NC(=O)c2cc(Cl)c(Cl)[nH]2)c1. The van der Waals surface area contributed by atoms with Crippen LogP contribution in [0, 0.1) is 11.8 Å². The first-order valence-electron chi connectivity index (χ1n) is 5.60. The lowest BCUT2D eigenvalue weighted by atomic mass is 10.2. The molecule has 5 nitrogen and oxygen atoms in total. The summed E-state index contributed by atoms with van der Waals surface area (Å²) in [7, 11) is 0. The third-order valence-corrected chi connectivity index (χ3v) is 3.00. The van der Waals surface area contributed by atoms with E-state index in [1.54, 1.807) is 18.3 Å². The number of amides is 1. The molecular weight excluding hydrogens is 299 g/mol. The zero-order chi connectivity index (χ0) is 14.5. The number of H-pyrrole nitrogens is 1. The highest BCUT2D eigenvalue weighted by molar-refractivity contribution is 6.41. The smallest absolute Gasteiger partial charge is 0.273 e. The Morgan fingerprint density at radius 1 is 1.45 bits per heavy atom. The van der Waals surface area contributed by atoms with Crippen LogP contribution in [0.2, 0.25) is 10.2 Å². The molecule has 2 aromatic rings. The van der Waals surface area contributed by atoms with E-state index in [1.165, 1.54) is 6.07 Å². The summed E-state index contributed by atoms with van der Waals surface area (Å²) in [5.74, 6) is 5.56. The van der Waals surface area contributed by atoms with E-state index in [0.717, 1.165) is 0 Å². The van der Waals surface area contributed by atoms with Gasteiger partial charge in [-0.15, -0.1) is 0 Å². The maximum absolute atomic E-state index is 11.9. The summed E-state index contributed by atoms with van der Waals surface area (Å²) in [5, 5.41) is 3.12. The fraction of sp³-hybridized carbons (Fsp3) is 0.0769. The average molecular weight is 309 g/mol. The van der Waals surface area contributed by atoms with Crippen molar-refractivity contribution < 1.29 is 4.79 Å². The van der Waals surface area contributed by atoms with Gasteiger partial charge in [0, 0.05) is 11.8 Å². The molecule has 0 saturated carbocycles. The van der Waals surface area contributed by atoms with Gasteiger partial charge in [-0.1, -0.05) is 35.0 Å². The van der Waals surface area contributed by atoms with Crippen LogP contribution in [-0.2, 0) is 0 Å². The van der Waals surface area contributed by atoms with E-state index >= 15 is 0 Å². The molecule has 0 spiro atoms. The lowest BCUT2D eigenvalue weighted by molar-refractivity contribution is 0.102. The summed E-state index contributed by atoms with van der Waals surface area (Å²) in [5.41, 5.74) is 6.26. The average Bonchev–Trinajstić information content (AvgIpc) is 2.77. The van der Waals surface area contributed by atoms with Crippen LogP contribution in [0.5, 0.6) is 0 Å². The predicted molar refractivity (Wildman–Crippen MR) is 78.9 cm³/mol. The minimum Gasteiger partial charge on any atom is -0.340 e. The Morgan fingerprint density at radius 3 is 2.90 bits per heavy atom. The summed E-state index contributed by atoms with van der Waals surface area (Å²) in [6.45, 7) is 0.267. The molecule has 0 radical (unpaired) electrons. The topological polar surface area (TPSA) is 83.8 Å². The van der Waals surface area contributed by atoms with Gasteiger partial charge < -0.3 is 16.0 Å². The first-order valence-corrected chi connectivity index (χ1v) is 6.36. The fourth-order valence-electron chi connectivity index (χ4n) is 1.44. The molecule has 0 atom stereocenters. The number of rotatable bonds is 2. The molecule has 0 aliphatic rings. The normalized spacial score (nSPS) is 9.75. The van der Waals surface area contributed by atoms with Gasteiger partial charge in [0.25, 0.3) is 5.91 Å². The van der Waals surface area contributed by atoms with Gasteiger partial charge in [-0.2, -0.15) is 0 Å². The molecule has 4 N–H and O–H groups in total. The largest absolute Gasteiger partial charge is 0.340 e. The third kappa shape index (κ3) is 3.52. The Kier molecular flexibility index (Phi) is 4.64. The minimum absolute atomic E-state index is 0.215. The molecule has 0 unspecified atom stereocenters. The first-order chi connectivity index (χ1) is 9.60. The zero-order valence-corrected chi connectivity index (χ0v) is 11.7. The molecule has 0 aliphatic heterocycles. The first kappa shape index (κ1) is 14.4. The number of hydrogen-bond acceptors (Lipinski definition) is 3. The van der Waals surface area contributed by atoms with Crippen molar-refractivity contribution in [3.05, 3.63) is 45.8 Å². The van der Waals surface area contributed by atoms with Gasteiger partial charge in [0.1, 0.15) is 16.7 Å². The third-order valence-electron chi connectivity index (χ3n) is 2.31. The monoisotopic (exact) mass is 308 g/mol. The van der Waals surface area contributed by atoms with Crippen molar-refractivity contribution in [1.29, 1.82) is 0 Å². The molecule has 0 fully saturated rings. The molecule has 20 heavy (non-hydrogen) atoms. The number of nitrogens with one attached hydrogen (secondary N) is 2. The Hall–Kier alpha value is -2.00. The number of nitrogens with zero attached hydrogens (tertiary/aromatic N) is 1. The number of hydrogen-bond donors (Lipinski definition) is 3. The lowest BCUT2D eigenvalue weighted by Gasteiger charge is -2.02. The van der Waals surface area contributed by atoms with Crippen LogP contribution in [0.15, 0.2) is 24.4 Å². The summed E-state index contributed by atoms with van der Waals surface area (Å²) in [6.07, 6.45) is 1.55. The minimum atomic E-state index is -0.393. The number of anilines is 1. The molecule has 2 aromatic heterocycles. The fourth-order valence-corrected chi connectivity index (χ4v) is 1.75. The Balaban J connectivity index is 2.15. The number of pyridine rings is 1. The van der Waals surface area contributed by atoms with Crippen molar-refractivity contribution in [2.75, 3.05) is 11.9 Å². The van der Waals surface area contributed by atoms with Crippen molar-refractivity contribution in [2.45, 2.75) is 0 Å². The van der Waals surface area contributed by atoms with Crippen molar-refractivity contribution in [1.82, 2.24) is 9.97 Å². The van der Waals surface area contributed by atoms with Crippen molar-refractivity contribution in [3.8, 4) is 11.8 Å². The number of aromatic nitrogens is 2. The van der Waals surface area contributed by atoms with E-state index in [9.17, 15) is 4.79 Å². The molecule has 0 aliphatic carbocycles. The number of nitrogens with two attached hydrogens (primary N) is 1. The molecule has 0 saturated heterocycles. The molecule has 0 aromatic carbocycles. The van der Waals surface area contributed by atoms with Crippen molar-refractivity contribution >= 4 is 34.9 Å². The quantitative estimate of drug-likeness (QED) is 0.744. The molecule has 0 bridgehead atoms. The van der Waals surface area contributed by atoms with Crippen LogP contribution in [0.3, 0.4) is 0 Å². The van der Waals surface area contributed by atoms with Gasteiger partial charge >= 0.3 is 0 Å². The van der Waals surface area contributed by atoms with E-state index in [-0.39, 0.29) is 22.4 Å². The van der Waals surface area contributed by atoms with Gasteiger partial charge in [0.2, 0.25) is 0 Å². The maximum atomic E-state index is 11.9. The molecule has 2 heterocycles. The van der Waals surface area contributed by atoms with E-state index in [1.807, 2.05) is 0 Å². The number of halogens is 2. The van der Waals surface area contributed by atoms with Crippen molar-refractivity contribution in [2.24, 2.45) is 5.73 Å². The standard InChI is InChI=1S/C13H10Cl2N4O/c14-9-7-10(18-12(9)15)13(20)19-11-6-8(2-1-4-16)3-5-17-11/h3,5-7,18H,4,16H2,(H,17,19,20). The van der Waals surface area contributed by atoms with Crippen LogP contribution in [-0.4, -0.2) is 22.4 Å². The maximum Gasteiger partial charge on any atom is 0.273 e. The van der Waals surface area contributed by atoms with Gasteiger partial charge in [-0.3, -0.25) is 4.79 Å². The van der Waals surface area contributed by atoms with E-state index < -0.39 is 5.91 Å². The zero-order valence-electron chi connectivity index (χ0n) is 10.2. The predicted octanol–water partition coefficient (Wildman–Crippen LogP) is 2.28. The van der Waals surface area contributed by atoms with E-state index in [4.69, 9.17) is 28.9 Å². The second-order valence-electron chi connectivity index (χ2n) is 3.73. The Bertz CT molecular complexity index is 680. The van der Waals surface area contributed by atoms with Crippen LogP contribution in [0.1, 0.15) is 16.1 Å². The highest BCUT2D eigenvalue weighted by Crippen LogP contribution is 2.22. The summed E-state index contributed by atoms with van der Waals surface area (Å²) in [4.78, 5) is 18.6. The highest BCUT2D eigenvalue weighted by Gasteiger charge is 2.12. The molecule has 7 heteroatoms. The van der Waals surface area contributed by atoms with Gasteiger partial charge in [-0.25, -0.2) is 4.98 Å². The Labute approximate surface area is 125 Å². The summed E-state index contributed by atoms with van der Waals surface area (Å²) in [6, 6.07) is 4.81. The number of aromatic amines is 1. The van der Waals surface area contributed by atoms with Crippen LogP contribution in [0.4, 0.5) is 5.82 Å². The van der Waals surface area contributed by atoms with Gasteiger partial charge in [0.05, 0.1) is 11.6 Å². The second kappa shape index (κ2) is 6.44. The van der Waals surface area contributed by atoms with E-state index in [2.05, 4.69) is 27.1 Å². The van der Waals surface area contributed by atoms with Crippen molar-refractivity contribution in [3.63, 3.8) is 0 Å². The lowest BCUT2D eigenvalue weighted by Crippen LogP contribution is -2.13. The highest BCUT2D eigenvalue weighted by atomic mass is 35.5. The molecule has 102 valence electrons. The van der Waals surface area contributed by atoms with Crippen LogP contribution in [0.25, 0.3) is 0 Å². The number of carbonyl (C=O) groups excluding carboxylic acids is 1. The second-order valence-corrected chi connectivity index (χ2v) is 4.52. The van der Waals surface area contributed by atoms with Crippen LogP contribution >= 0.6 is 23.2 Å². The Morgan fingerprint density at radius 2 is 2.25 bits per heavy atom.